The fraction of sp³-hybridized carbons (Fsp3) is 0.375. The normalized spacial score (nSPS) is 10.8. The van der Waals surface area contributed by atoms with Crippen LogP contribution < -0.4 is 17.3 Å². The third-order valence-electron chi connectivity index (χ3n) is 2.20. The van der Waals surface area contributed by atoms with Crippen molar-refractivity contribution in [3.63, 3.8) is 0 Å². The minimum absolute atomic E-state index is 0.230. The lowest BCUT2D eigenvalue weighted by atomic mass is 10.2. The van der Waals surface area contributed by atoms with Crippen molar-refractivity contribution in [1.29, 1.82) is 0 Å². The summed E-state index contributed by atoms with van der Waals surface area (Å²) >= 11 is 1.45. The van der Waals surface area contributed by atoms with E-state index < -0.39 is 0 Å². The van der Waals surface area contributed by atoms with Crippen molar-refractivity contribution in [2.45, 2.75) is 19.3 Å². The number of nitrogen functional groups attached to an aromatic ring is 3. The van der Waals surface area contributed by atoms with E-state index in [1.165, 1.54) is 16.0 Å². The summed E-state index contributed by atoms with van der Waals surface area (Å²) in [4.78, 5) is 4.17. The van der Waals surface area contributed by atoms with Gasteiger partial charge in [0.05, 0.1) is 5.69 Å². The van der Waals surface area contributed by atoms with Crippen LogP contribution in [0.1, 0.15) is 17.9 Å². The molecule has 0 bridgehead atoms. The molecule has 0 aliphatic heterocycles. The molecule has 0 amide bonds. The van der Waals surface area contributed by atoms with Crippen LogP contribution in [0.2, 0.25) is 0 Å². The number of rotatable bonds is 4. The van der Waals surface area contributed by atoms with Crippen LogP contribution >= 0.6 is 11.3 Å². The van der Waals surface area contributed by atoms with E-state index in [1.807, 2.05) is 5.38 Å². The van der Waals surface area contributed by atoms with E-state index in [1.54, 1.807) is 0 Å². The first-order valence-electron chi connectivity index (χ1n) is 4.81. The lowest BCUT2D eigenvalue weighted by Crippen LogP contribution is -2.15. The van der Waals surface area contributed by atoms with Crippen molar-refractivity contribution in [3.8, 4) is 0 Å². The maximum absolute atomic E-state index is 5.62. The second-order valence-corrected chi connectivity index (χ2v) is 4.26. The topological polar surface area (TPSA) is 122 Å². The van der Waals surface area contributed by atoms with Gasteiger partial charge in [-0.15, -0.1) is 21.5 Å². The zero-order valence-electron chi connectivity index (χ0n) is 8.63. The molecule has 86 valence electrons. The van der Waals surface area contributed by atoms with Gasteiger partial charge >= 0.3 is 0 Å². The van der Waals surface area contributed by atoms with E-state index in [4.69, 9.17) is 17.3 Å². The van der Waals surface area contributed by atoms with Gasteiger partial charge in [-0.1, -0.05) is 0 Å². The molecule has 0 atom stereocenters. The Kier molecular flexibility index (Phi) is 2.91. The molecule has 0 unspecified atom stereocenters. The lowest BCUT2D eigenvalue weighted by Gasteiger charge is -1.99. The van der Waals surface area contributed by atoms with Gasteiger partial charge in [-0.3, -0.25) is 0 Å². The van der Waals surface area contributed by atoms with E-state index in [2.05, 4.69) is 15.2 Å². The fourth-order valence-electron chi connectivity index (χ4n) is 1.37. The molecule has 0 saturated heterocycles. The van der Waals surface area contributed by atoms with Gasteiger partial charge in [-0.25, -0.2) is 9.66 Å². The molecule has 16 heavy (non-hydrogen) atoms. The van der Waals surface area contributed by atoms with Crippen molar-refractivity contribution in [2.75, 3.05) is 17.3 Å². The Morgan fingerprint density at radius 2 is 2.06 bits per heavy atom. The molecule has 0 aromatic carbocycles. The minimum atomic E-state index is 0.230. The van der Waals surface area contributed by atoms with Gasteiger partial charge in [0.2, 0.25) is 5.95 Å². The maximum Gasteiger partial charge on any atom is 0.240 e. The summed E-state index contributed by atoms with van der Waals surface area (Å²) in [5.74, 6) is 6.53. The number of nitrogens with two attached hydrogens (primary N) is 3. The zero-order chi connectivity index (χ0) is 11.5. The molecule has 8 heteroatoms. The first kappa shape index (κ1) is 10.7. The van der Waals surface area contributed by atoms with Crippen molar-refractivity contribution in [1.82, 2.24) is 19.9 Å². The van der Waals surface area contributed by atoms with Gasteiger partial charge in [0.1, 0.15) is 0 Å². The van der Waals surface area contributed by atoms with Gasteiger partial charge in [0, 0.05) is 11.8 Å². The smallest absolute Gasteiger partial charge is 0.240 e. The zero-order valence-corrected chi connectivity index (χ0v) is 9.44. The Morgan fingerprint density at radius 1 is 1.25 bits per heavy atom. The summed E-state index contributed by atoms with van der Waals surface area (Å²) in [7, 11) is 0. The van der Waals surface area contributed by atoms with Crippen LogP contribution in [0.4, 0.5) is 11.1 Å². The summed E-state index contributed by atoms with van der Waals surface area (Å²) in [5, 5.41) is 10.1. The van der Waals surface area contributed by atoms with E-state index in [0.717, 1.165) is 25.0 Å². The Labute approximate surface area is 96.3 Å². The molecule has 6 N–H and O–H groups in total. The second kappa shape index (κ2) is 4.35. The summed E-state index contributed by atoms with van der Waals surface area (Å²) in [6.45, 7) is 0. The largest absolute Gasteiger partial charge is 0.375 e. The summed E-state index contributed by atoms with van der Waals surface area (Å²) in [6, 6.07) is 0. The molecular weight excluding hydrogens is 226 g/mol. The highest BCUT2D eigenvalue weighted by molar-refractivity contribution is 7.13. The molecule has 7 nitrogen and oxygen atoms in total. The number of aromatic nitrogens is 4. The first-order chi connectivity index (χ1) is 7.66. The molecule has 2 aromatic rings. The van der Waals surface area contributed by atoms with Crippen LogP contribution in [0.3, 0.4) is 0 Å². The molecule has 2 rings (SSSR count). The Balaban J connectivity index is 1.86. The minimum Gasteiger partial charge on any atom is -0.375 e. The predicted molar refractivity (Wildman–Crippen MR) is 63.1 cm³/mol. The van der Waals surface area contributed by atoms with E-state index in [0.29, 0.717) is 11.0 Å². The molecule has 0 radical (unpaired) electrons. The highest BCUT2D eigenvalue weighted by Crippen LogP contribution is 2.13. The number of hydrogen-bond acceptors (Lipinski definition) is 7. The molecule has 0 saturated carbocycles. The molecule has 2 heterocycles. The van der Waals surface area contributed by atoms with Gasteiger partial charge in [-0.2, -0.15) is 0 Å². The molecule has 0 aliphatic rings. The van der Waals surface area contributed by atoms with Gasteiger partial charge < -0.3 is 17.3 Å². The third kappa shape index (κ3) is 2.22. The molecule has 2 aromatic heterocycles. The summed E-state index contributed by atoms with van der Waals surface area (Å²) < 4.78 is 1.30. The summed E-state index contributed by atoms with van der Waals surface area (Å²) in [5.41, 5.74) is 12.0. The van der Waals surface area contributed by atoms with Gasteiger partial charge in [0.25, 0.3) is 0 Å². The van der Waals surface area contributed by atoms with Crippen LogP contribution in [-0.4, -0.2) is 19.9 Å². The molecule has 0 fully saturated rings. The van der Waals surface area contributed by atoms with Gasteiger partial charge in [0.15, 0.2) is 11.0 Å². The SMILES string of the molecule is Nc1nc(CCCc2nnc(N)n2N)cs1. The molecule has 0 aliphatic carbocycles. The number of aryl methyl sites for hydroxylation is 2. The highest BCUT2D eigenvalue weighted by Gasteiger charge is 2.06. The second-order valence-electron chi connectivity index (χ2n) is 3.38. The number of anilines is 2. The van der Waals surface area contributed by atoms with Crippen LogP contribution in [0.5, 0.6) is 0 Å². The number of nitrogens with zero attached hydrogens (tertiary/aromatic N) is 4. The molecule has 0 spiro atoms. The van der Waals surface area contributed by atoms with E-state index in [9.17, 15) is 0 Å². The van der Waals surface area contributed by atoms with E-state index in [-0.39, 0.29) is 5.95 Å². The molecular formula is C8H13N7S. The average Bonchev–Trinajstić information content (AvgIpc) is 2.79. The standard InChI is InChI=1S/C8H13N7S/c9-7-14-13-6(15(7)11)3-1-2-5-4-16-8(10)12-5/h4H,1-3,11H2,(H2,9,14)(H2,10,12). The van der Waals surface area contributed by atoms with Crippen molar-refractivity contribution in [2.24, 2.45) is 0 Å². The van der Waals surface area contributed by atoms with Crippen LogP contribution in [0, 0.1) is 0 Å². The lowest BCUT2D eigenvalue weighted by molar-refractivity contribution is 0.735. The number of thiazole rings is 1. The van der Waals surface area contributed by atoms with Crippen LogP contribution in [-0.2, 0) is 12.8 Å². The predicted octanol–water partition coefficient (Wildman–Crippen LogP) is -0.212. The quantitative estimate of drug-likeness (QED) is 0.634. The van der Waals surface area contributed by atoms with Crippen molar-refractivity contribution < 1.29 is 0 Å². The maximum atomic E-state index is 5.62. The Hall–Kier alpha value is -1.83. The number of hydrogen-bond donors (Lipinski definition) is 3. The monoisotopic (exact) mass is 239 g/mol. The van der Waals surface area contributed by atoms with Crippen molar-refractivity contribution in [3.05, 3.63) is 16.9 Å². The Bertz CT molecular complexity index is 474. The van der Waals surface area contributed by atoms with Crippen molar-refractivity contribution >= 4 is 22.4 Å². The fourth-order valence-corrected chi connectivity index (χ4v) is 1.97. The van der Waals surface area contributed by atoms with Crippen LogP contribution in [0.25, 0.3) is 0 Å². The average molecular weight is 239 g/mol. The third-order valence-corrected chi connectivity index (χ3v) is 2.92. The highest BCUT2D eigenvalue weighted by atomic mass is 32.1. The first-order valence-corrected chi connectivity index (χ1v) is 5.69. The van der Waals surface area contributed by atoms with E-state index >= 15 is 0 Å². The summed E-state index contributed by atoms with van der Waals surface area (Å²) in [6.07, 6.45) is 2.46. The Morgan fingerprint density at radius 3 is 2.62 bits per heavy atom. The van der Waals surface area contributed by atoms with Gasteiger partial charge in [-0.05, 0) is 12.8 Å². The van der Waals surface area contributed by atoms with Crippen LogP contribution in [0.15, 0.2) is 5.38 Å².